The van der Waals surface area contributed by atoms with Gasteiger partial charge in [-0.15, -0.1) is 0 Å². The summed E-state index contributed by atoms with van der Waals surface area (Å²) in [6.45, 7) is 0. The van der Waals surface area contributed by atoms with Crippen LogP contribution in [-0.2, 0) is 11.2 Å². The number of carboxylic acid groups (broad SMARTS) is 1. The van der Waals surface area contributed by atoms with Gasteiger partial charge in [-0.3, -0.25) is 9.59 Å². The fraction of sp³-hybridized carbons (Fsp3) is 0.0833. The number of nitrogens with one attached hydrogen (secondary N) is 1. The summed E-state index contributed by atoms with van der Waals surface area (Å²) in [6.07, 6.45) is 1.13. The molecule has 1 aromatic heterocycles. The summed E-state index contributed by atoms with van der Waals surface area (Å²) >= 11 is 0. The minimum atomic E-state index is -1.00. The van der Waals surface area contributed by atoms with Crippen LogP contribution in [0.5, 0.6) is 0 Å². The molecule has 17 heavy (non-hydrogen) atoms. The molecule has 0 unspecified atom stereocenters. The molecule has 0 fully saturated rings. The number of carbonyl (C=O) groups is 1. The van der Waals surface area contributed by atoms with Crippen molar-refractivity contribution in [2.75, 3.05) is 0 Å². The molecule has 1 aromatic carbocycles. The van der Waals surface area contributed by atoms with Gasteiger partial charge in [-0.05, 0) is 0 Å². The van der Waals surface area contributed by atoms with Gasteiger partial charge in [-0.1, -0.05) is 30.3 Å². The van der Waals surface area contributed by atoms with Crippen LogP contribution in [0.15, 0.2) is 41.3 Å². The van der Waals surface area contributed by atoms with Gasteiger partial charge in [0.15, 0.2) is 0 Å². The quantitative estimate of drug-likeness (QED) is 0.826. The van der Waals surface area contributed by atoms with Crippen molar-refractivity contribution in [3.05, 3.63) is 52.6 Å². The molecule has 0 bridgehead atoms. The zero-order valence-electron chi connectivity index (χ0n) is 8.88. The van der Waals surface area contributed by atoms with Gasteiger partial charge >= 0.3 is 5.97 Å². The third kappa shape index (κ3) is 2.57. The second-order valence-corrected chi connectivity index (χ2v) is 3.52. The molecule has 0 saturated heterocycles. The van der Waals surface area contributed by atoms with E-state index in [2.05, 4.69) is 9.97 Å². The minimum absolute atomic E-state index is 0.239. The van der Waals surface area contributed by atoms with Crippen LogP contribution < -0.4 is 5.56 Å². The minimum Gasteiger partial charge on any atom is -0.481 e. The zero-order chi connectivity index (χ0) is 12.3. The van der Waals surface area contributed by atoms with E-state index >= 15 is 0 Å². The normalized spacial score (nSPS) is 10.1. The predicted octanol–water partition coefficient (Wildman–Crippen LogP) is 1.06. The van der Waals surface area contributed by atoms with Crippen LogP contribution >= 0.6 is 0 Å². The van der Waals surface area contributed by atoms with E-state index in [4.69, 9.17) is 5.11 Å². The van der Waals surface area contributed by atoms with Crippen molar-refractivity contribution in [2.45, 2.75) is 6.42 Å². The van der Waals surface area contributed by atoms with Crippen LogP contribution in [0.3, 0.4) is 0 Å². The monoisotopic (exact) mass is 230 g/mol. The highest BCUT2D eigenvalue weighted by Gasteiger charge is 2.07. The summed E-state index contributed by atoms with van der Waals surface area (Å²) < 4.78 is 0. The van der Waals surface area contributed by atoms with Gasteiger partial charge in [0.2, 0.25) is 0 Å². The van der Waals surface area contributed by atoms with E-state index in [0.29, 0.717) is 17.0 Å². The first-order chi connectivity index (χ1) is 8.16. The maximum atomic E-state index is 11.7. The highest BCUT2D eigenvalue weighted by Crippen LogP contribution is 2.11. The zero-order valence-corrected chi connectivity index (χ0v) is 8.88. The molecule has 86 valence electrons. The van der Waals surface area contributed by atoms with E-state index < -0.39 is 5.97 Å². The summed E-state index contributed by atoms with van der Waals surface area (Å²) in [5.74, 6) is -1.00. The van der Waals surface area contributed by atoms with Crippen LogP contribution in [0.4, 0.5) is 0 Å². The van der Waals surface area contributed by atoms with Crippen LogP contribution in [0.2, 0.25) is 0 Å². The Labute approximate surface area is 96.8 Å². The molecule has 0 aliphatic carbocycles. The average molecular weight is 230 g/mol. The molecule has 0 spiro atoms. The lowest BCUT2D eigenvalue weighted by molar-refractivity contribution is -0.136. The Hall–Kier alpha value is -2.43. The Bertz CT molecular complexity index is 590. The Morgan fingerprint density at radius 2 is 2.00 bits per heavy atom. The van der Waals surface area contributed by atoms with Crippen molar-refractivity contribution in [1.82, 2.24) is 9.97 Å². The molecule has 0 amide bonds. The number of rotatable bonds is 3. The summed E-state index contributed by atoms with van der Waals surface area (Å²) in [6, 6.07) is 9.00. The molecule has 1 heterocycles. The number of hydrogen-bond donors (Lipinski definition) is 2. The number of nitrogens with zero attached hydrogens (tertiary/aromatic N) is 1. The molecular formula is C12H10N2O3. The largest absolute Gasteiger partial charge is 0.481 e. The fourth-order valence-corrected chi connectivity index (χ4v) is 1.49. The molecule has 0 aliphatic heterocycles. The van der Waals surface area contributed by atoms with E-state index in [1.165, 1.54) is 6.20 Å². The first kappa shape index (κ1) is 11.1. The highest BCUT2D eigenvalue weighted by atomic mass is 16.4. The Kier molecular flexibility index (Phi) is 3.00. The number of aromatic amines is 1. The maximum absolute atomic E-state index is 11.7. The summed E-state index contributed by atoms with van der Waals surface area (Å²) in [5.41, 5.74) is 0.910. The number of H-pyrrole nitrogens is 1. The molecule has 0 aliphatic rings. The van der Waals surface area contributed by atoms with Crippen LogP contribution in [0.1, 0.15) is 5.69 Å². The molecule has 2 N–H and O–H groups in total. The SMILES string of the molecule is O=C(O)Cc1cnc(-c2ccccc2)c(=O)[nH]1. The number of aliphatic carboxylic acids is 1. The van der Waals surface area contributed by atoms with Crippen molar-refractivity contribution >= 4 is 5.97 Å². The smallest absolute Gasteiger partial charge is 0.309 e. The van der Waals surface area contributed by atoms with Crippen LogP contribution in [0, 0.1) is 0 Å². The van der Waals surface area contributed by atoms with Gasteiger partial charge in [0.05, 0.1) is 6.42 Å². The van der Waals surface area contributed by atoms with Crippen molar-refractivity contribution in [2.24, 2.45) is 0 Å². The standard InChI is InChI=1S/C12H10N2O3/c15-10(16)6-9-7-13-11(12(17)14-9)8-4-2-1-3-5-8/h1-5,7H,6H2,(H,14,17)(H,15,16). The van der Waals surface area contributed by atoms with E-state index in [1.54, 1.807) is 12.1 Å². The number of hydrogen-bond acceptors (Lipinski definition) is 3. The Balaban J connectivity index is 2.39. The van der Waals surface area contributed by atoms with E-state index in [-0.39, 0.29) is 12.0 Å². The van der Waals surface area contributed by atoms with Gasteiger partial charge in [0, 0.05) is 17.5 Å². The van der Waals surface area contributed by atoms with Crippen LogP contribution in [0.25, 0.3) is 11.3 Å². The van der Waals surface area contributed by atoms with Gasteiger partial charge in [0.1, 0.15) is 5.69 Å². The molecule has 0 atom stereocenters. The topological polar surface area (TPSA) is 83.0 Å². The van der Waals surface area contributed by atoms with Gasteiger partial charge in [-0.2, -0.15) is 0 Å². The summed E-state index contributed by atoms with van der Waals surface area (Å²) in [4.78, 5) is 28.7. The second-order valence-electron chi connectivity index (χ2n) is 3.52. The first-order valence-electron chi connectivity index (χ1n) is 5.02. The van der Waals surface area contributed by atoms with E-state index in [1.807, 2.05) is 18.2 Å². The first-order valence-corrected chi connectivity index (χ1v) is 5.02. The third-order valence-corrected chi connectivity index (χ3v) is 2.23. The Morgan fingerprint density at radius 1 is 1.29 bits per heavy atom. The molecule has 5 nitrogen and oxygen atoms in total. The fourth-order valence-electron chi connectivity index (χ4n) is 1.49. The third-order valence-electron chi connectivity index (χ3n) is 2.23. The van der Waals surface area contributed by atoms with Gasteiger partial charge in [0.25, 0.3) is 5.56 Å². The van der Waals surface area contributed by atoms with E-state index in [0.717, 1.165) is 0 Å². The van der Waals surface area contributed by atoms with Crippen LogP contribution in [-0.4, -0.2) is 21.0 Å². The highest BCUT2D eigenvalue weighted by molar-refractivity contribution is 5.69. The van der Waals surface area contributed by atoms with Crippen molar-refractivity contribution in [3.63, 3.8) is 0 Å². The Morgan fingerprint density at radius 3 is 2.59 bits per heavy atom. The van der Waals surface area contributed by atoms with Crippen molar-refractivity contribution in [1.29, 1.82) is 0 Å². The molecular weight excluding hydrogens is 220 g/mol. The maximum Gasteiger partial charge on any atom is 0.309 e. The molecule has 0 radical (unpaired) electrons. The van der Waals surface area contributed by atoms with Crippen molar-refractivity contribution in [3.8, 4) is 11.3 Å². The predicted molar refractivity (Wildman–Crippen MR) is 61.6 cm³/mol. The van der Waals surface area contributed by atoms with Crippen molar-refractivity contribution < 1.29 is 9.90 Å². The lowest BCUT2D eigenvalue weighted by Gasteiger charge is -2.01. The lowest BCUT2D eigenvalue weighted by atomic mass is 10.1. The molecule has 0 saturated carbocycles. The van der Waals surface area contributed by atoms with Gasteiger partial charge < -0.3 is 10.1 Å². The molecule has 5 heteroatoms. The molecule has 2 aromatic rings. The lowest BCUT2D eigenvalue weighted by Crippen LogP contribution is -2.15. The second kappa shape index (κ2) is 4.61. The summed E-state index contributed by atoms with van der Waals surface area (Å²) in [5, 5.41) is 8.59. The molecule has 2 rings (SSSR count). The number of aromatic nitrogens is 2. The summed E-state index contributed by atoms with van der Waals surface area (Å²) in [7, 11) is 0. The number of carboxylic acids is 1. The van der Waals surface area contributed by atoms with E-state index in [9.17, 15) is 9.59 Å². The number of benzene rings is 1. The van der Waals surface area contributed by atoms with Gasteiger partial charge in [-0.25, -0.2) is 4.98 Å². The average Bonchev–Trinajstić information content (AvgIpc) is 2.29.